The molecule has 0 aliphatic carbocycles. The molecular weight excluding hydrogens is 742 g/mol. The van der Waals surface area contributed by atoms with Gasteiger partial charge in [0.05, 0.1) is 25.3 Å². The number of likely N-dealkylation sites (N-methyl/N-ethyl adjacent to an activating group) is 1. The summed E-state index contributed by atoms with van der Waals surface area (Å²) in [5.74, 6) is -1.24. The van der Waals surface area contributed by atoms with Crippen LogP contribution in [0.2, 0.25) is 5.02 Å². The molecule has 8 atom stereocenters. The van der Waals surface area contributed by atoms with Crippen molar-refractivity contribution < 1.29 is 52.2 Å². The first-order valence-electron chi connectivity index (χ1n) is 18.3. The highest BCUT2D eigenvalue weighted by Gasteiger charge is 2.64. The molecule has 1 aromatic rings. The van der Waals surface area contributed by atoms with E-state index in [1.807, 2.05) is 19.1 Å². The molecule has 3 aliphatic heterocycles. The van der Waals surface area contributed by atoms with Crippen LogP contribution < -0.4 is 15.0 Å². The molecule has 0 spiro atoms. The van der Waals surface area contributed by atoms with Crippen LogP contribution in [0.3, 0.4) is 0 Å². The van der Waals surface area contributed by atoms with Crippen LogP contribution in [0.4, 0.5) is 10.5 Å². The van der Waals surface area contributed by atoms with E-state index in [1.54, 1.807) is 39.5 Å². The number of anilines is 1. The average Bonchev–Trinajstić information content (AvgIpc) is 3.79. The topological polar surface area (TPSA) is 174 Å². The van der Waals surface area contributed by atoms with E-state index in [0.29, 0.717) is 42.9 Å². The minimum absolute atomic E-state index is 0.0112. The first kappa shape index (κ1) is 43.5. The van der Waals surface area contributed by atoms with Crippen molar-refractivity contribution in [3.05, 3.63) is 34.4 Å². The highest BCUT2D eigenvalue weighted by atomic mass is 35.5. The standard InChI is InChI=1S/C38H58ClN3O11S/c1-22-13-11-14-29(50-8)38(47)21-28(51-36(46)40-38)23(2)34-37(4,53-34)30(52-35(45)24(3)41(5)31(43)15-12-16-54(9,10)48)20-32(44)42(6)26-18-25(17-22)19-27(49-7)33(26)39/h13,18-19,23-24,28-30,34,47,54H,11-12,14-17,20-21H2,1-10H3,(H,40,46)/b22-13+/t23-,24+,28+,29-,30+,34+,37-,38+/m1/s1. The summed E-state index contributed by atoms with van der Waals surface area (Å²) < 4.78 is 41.5. The number of ether oxygens (including phenoxy) is 5. The van der Waals surface area contributed by atoms with Crippen LogP contribution >= 0.6 is 11.6 Å². The number of esters is 1. The zero-order valence-electron chi connectivity index (χ0n) is 33.1. The van der Waals surface area contributed by atoms with Crippen LogP contribution in [0, 0.1) is 5.92 Å². The number of carbonyl (C=O) groups excluding carboxylic acids is 4. The van der Waals surface area contributed by atoms with Crippen molar-refractivity contribution in [1.82, 2.24) is 10.2 Å². The number of carbonyl (C=O) groups is 4. The summed E-state index contributed by atoms with van der Waals surface area (Å²) >= 11 is 6.77. The van der Waals surface area contributed by atoms with Gasteiger partial charge >= 0.3 is 12.1 Å². The van der Waals surface area contributed by atoms with Crippen molar-refractivity contribution in [2.45, 2.75) is 114 Å². The number of hydrogen-bond donors (Lipinski definition) is 3. The van der Waals surface area contributed by atoms with E-state index in [0.717, 1.165) is 11.1 Å². The molecule has 0 aromatic heterocycles. The van der Waals surface area contributed by atoms with Gasteiger partial charge in [-0.25, -0.2) is 9.59 Å². The number of halogens is 1. The van der Waals surface area contributed by atoms with E-state index in [4.69, 9.17) is 35.3 Å². The Hall–Kier alpha value is -3.24. The van der Waals surface area contributed by atoms with Crippen molar-refractivity contribution in [3.8, 4) is 5.75 Å². The fourth-order valence-corrected chi connectivity index (χ4v) is 8.56. The van der Waals surface area contributed by atoms with E-state index in [-0.39, 0.29) is 30.2 Å². The maximum absolute atomic E-state index is 14.1. The number of allylic oxidation sites excluding steroid dienone is 2. The Morgan fingerprint density at radius 1 is 1.22 bits per heavy atom. The van der Waals surface area contributed by atoms with E-state index < -0.39 is 75.6 Å². The number of rotatable bonds is 9. The summed E-state index contributed by atoms with van der Waals surface area (Å²) in [4.78, 5) is 56.5. The highest BCUT2D eigenvalue weighted by Crippen LogP contribution is 2.49. The zero-order chi connectivity index (χ0) is 40.3. The Labute approximate surface area is 324 Å². The lowest BCUT2D eigenvalue weighted by atomic mass is 9.83. The van der Waals surface area contributed by atoms with Crippen molar-refractivity contribution in [2.75, 3.05) is 51.5 Å². The van der Waals surface area contributed by atoms with Crippen LogP contribution in [0.25, 0.3) is 0 Å². The fourth-order valence-electron chi connectivity index (χ4n) is 7.32. The second-order valence-corrected chi connectivity index (χ2v) is 19.6. The normalized spacial score (nSPS) is 31.1. The Bertz CT molecular complexity index is 1670. The monoisotopic (exact) mass is 799 g/mol. The molecule has 0 unspecified atom stereocenters. The van der Waals surface area contributed by atoms with Gasteiger partial charge in [0.1, 0.15) is 40.7 Å². The first-order valence-corrected chi connectivity index (χ1v) is 21.5. The second-order valence-electron chi connectivity index (χ2n) is 15.6. The maximum Gasteiger partial charge on any atom is 0.409 e. The van der Waals surface area contributed by atoms with Crippen LogP contribution in [0.15, 0.2) is 23.8 Å². The third kappa shape index (κ3) is 10.1. The number of epoxide rings is 1. The van der Waals surface area contributed by atoms with Crippen LogP contribution in [-0.2, 0) is 49.7 Å². The number of benzene rings is 1. The van der Waals surface area contributed by atoms with E-state index in [9.17, 15) is 28.5 Å². The summed E-state index contributed by atoms with van der Waals surface area (Å²) in [6, 6.07) is 2.60. The fraction of sp³-hybridized carbons (Fsp3) is 0.684. The number of aliphatic hydroxyl groups is 1. The van der Waals surface area contributed by atoms with Gasteiger partial charge in [-0.2, -0.15) is 0 Å². The van der Waals surface area contributed by atoms with Crippen molar-refractivity contribution in [3.63, 3.8) is 0 Å². The lowest BCUT2D eigenvalue weighted by molar-refractivity contribution is -0.162. The van der Waals surface area contributed by atoms with Crippen LogP contribution in [-0.4, -0.2) is 126 Å². The van der Waals surface area contributed by atoms with Gasteiger partial charge in [0.25, 0.3) is 0 Å². The number of nitrogens with zero attached hydrogens (tertiary/aromatic N) is 2. The molecule has 16 heteroatoms. The van der Waals surface area contributed by atoms with Crippen molar-refractivity contribution >= 4 is 51.1 Å². The first-order chi connectivity index (χ1) is 25.1. The number of methoxy groups -OCH3 is 2. The van der Waals surface area contributed by atoms with Gasteiger partial charge in [0.2, 0.25) is 11.8 Å². The molecule has 3 amide bonds. The SMILES string of the molecule is COc1cc2cc(c1Cl)N(C)C(=O)C[C@H](OC(=O)[C@H](C)N(C)C(=O)CCC[SH](C)(C)=O)[C@@]1(C)O[C@H]1[C@H](C)[C@@H]1C[C@@](O)(NC(=O)O1)[C@H](OC)CC/C=C(\C)C2. The van der Waals surface area contributed by atoms with E-state index in [1.165, 1.54) is 38.0 Å². The molecule has 54 heavy (non-hydrogen) atoms. The molecule has 3 heterocycles. The minimum atomic E-state index is -2.31. The molecular formula is C38H58ClN3O11S. The molecule has 2 fully saturated rings. The summed E-state index contributed by atoms with van der Waals surface area (Å²) in [6.07, 6.45) is 2.77. The molecule has 4 rings (SSSR count). The number of thiol groups is 1. The van der Waals surface area contributed by atoms with Crippen LogP contribution in [0.5, 0.6) is 5.75 Å². The molecule has 14 nitrogen and oxygen atoms in total. The number of fused-ring (bicyclic) bond motifs is 5. The summed E-state index contributed by atoms with van der Waals surface area (Å²) in [5, 5.41) is 14.6. The van der Waals surface area contributed by atoms with Gasteiger partial charge in [-0.3, -0.25) is 19.1 Å². The summed E-state index contributed by atoms with van der Waals surface area (Å²) in [6.45, 7) is 7.03. The van der Waals surface area contributed by atoms with E-state index >= 15 is 0 Å². The molecule has 4 bridgehead atoms. The Morgan fingerprint density at radius 2 is 1.91 bits per heavy atom. The van der Waals surface area contributed by atoms with Crippen molar-refractivity contribution in [2.24, 2.45) is 5.92 Å². The third-order valence-corrected chi connectivity index (χ3v) is 12.7. The number of hydrogen-bond acceptors (Lipinski definition) is 11. The largest absolute Gasteiger partial charge is 0.495 e. The van der Waals surface area contributed by atoms with E-state index in [2.05, 4.69) is 5.32 Å². The number of nitrogens with one attached hydrogen (secondary N) is 1. The van der Waals surface area contributed by atoms with Gasteiger partial charge in [0.15, 0.2) is 5.72 Å². The lowest BCUT2D eigenvalue weighted by Gasteiger charge is -2.43. The maximum atomic E-state index is 14.1. The van der Waals surface area contributed by atoms with Gasteiger partial charge in [-0.1, -0.05) is 30.2 Å². The van der Waals surface area contributed by atoms with Gasteiger partial charge < -0.3 is 38.6 Å². The number of alkyl carbamates (subject to hydrolysis) is 1. The minimum Gasteiger partial charge on any atom is -0.495 e. The molecule has 0 saturated carbocycles. The Kier molecular flexibility index (Phi) is 13.9. The molecule has 2 saturated heterocycles. The van der Waals surface area contributed by atoms with Crippen LogP contribution in [0.1, 0.15) is 71.8 Å². The Morgan fingerprint density at radius 3 is 2.54 bits per heavy atom. The summed E-state index contributed by atoms with van der Waals surface area (Å²) in [7, 11) is 3.73. The molecule has 304 valence electrons. The van der Waals surface area contributed by atoms with Crippen molar-refractivity contribution in [1.29, 1.82) is 0 Å². The third-order valence-electron chi connectivity index (χ3n) is 11.0. The molecule has 3 aliphatic rings. The quantitative estimate of drug-likeness (QED) is 0.144. The molecule has 1 aromatic carbocycles. The smallest absolute Gasteiger partial charge is 0.409 e. The summed E-state index contributed by atoms with van der Waals surface area (Å²) in [5.41, 5.74) is -0.739. The predicted octanol–water partition coefficient (Wildman–Crippen LogP) is 3.80. The predicted molar refractivity (Wildman–Crippen MR) is 207 cm³/mol. The second kappa shape index (κ2) is 17.3. The number of amides is 3. The lowest BCUT2D eigenvalue weighted by Crippen LogP contribution is -2.64. The molecule has 2 N–H and O–H groups in total. The zero-order valence-corrected chi connectivity index (χ0v) is 34.8. The highest BCUT2D eigenvalue weighted by molar-refractivity contribution is 8.01. The van der Waals surface area contributed by atoms with Gasteiger partial charge in [0, 0.05) is 45.7 Å². The Balaban J connectivity index is 1.70. The molecule has 0 radical (unpaired) electrons. The van der Waals surface area contributed by atoms with Gasteiger partial charge in [-0.05, 0) is 76.7 Å². The van der Waals surface area contributed by atoms with Gasteiger partial charge in [-0.15, -0.1) is 9.93 Å². The average molecular weight is 800 g/mol.